The number of halogens is 2. The Hall–Kier alpha value is -3.07. The monoisotopic (exact) mass is 445 g/mol. The molecule has 1 saturated heterocycles. The van der Waals surface area contributed by atoms with Crippen LogP contribution in [0.3, 0.4) is 0 Å². The van der Waals surface area contributed by atoms with Crippen molar-refractivity contribution in [3.05, 3.63) is 59.3 Å². The van der Waals surface area contributed by atoms with Crippen LogP contribution in [0.4, 0.5) is 14.6 Å². The van der Waals surface area contributed by atoms with Crippen LogP contribution in [0, 0.1) is 17.6 Å². The van der Waals surface area contributed by atoms with Crippen molar-refractivity contribution in [2.75, 3.05) is 18.8 Å². The number of amides is 2. The average Bonchev–Trinajstić information content (AvgIpc) is 2.79. The van der Waals surface area contributed by atoms with E-state index in [0.717, 1.165) is 37.0 Å². The van der Waals surface area contributed by atoms with Crippen LogP contribution in [0.2, 0.25) is 0 Å². The molecule has 1 fully saturated rings. The number of carbonyl (C=O) groups excluding carboxylic acids is 2. The van der Waals surface area contributed by atoms with Crippen LogP contribution >= 0.6 is 0 Å². The van der Waals surface area contributed by atoms with Gasteiger partial charge in [-0.15, -0.1) is 0 Å². The summed E-state index contributed by atoms with van der Waals surface area (Å²) in [5.74, 6) is -3.56. The molecule has 0 saturated carbocycles. The van der Waals surface area contributed by atoms with Crippen molar-refractivity contribution < 1.29 is 18.4 Å². The molecule has 2 amide bonds. The Bertz CT molecular complexity index is 963. The highest BCUT2D eigenvalue weighted by Crippen LogP contribution is 2.31. The molecule has 1 aromatic carbocycles. The van der Waals surface area contributed by atoms with Gasteiger partial charge in [-0.1, -0.05) is 18.6 Å². The molecule has 0 radical (unpaired) electrons. The summed E-state index contributed by atoms with van der Waals surface area (Å²) < 4.78 is 27.3. The summed E-state index contributed by atoms with van der Waals surface area (Å²) in [6.45, 7) is 3.09. The third kappa shape index (κ3) is 5.21. The summed E-state index contributed by atoms with van der Waals surface area (Å²) in [5.41, 5.74) is 11.3. The van der Waals surface area contributed by atoms with E-state index in [2.05, 4.69) is 10.3 Å². The number of anilines is 1. The van der Waals surface area contributed by atoms with Crippen molar-refractivity contribution in [1.29, 1.82) is 0 Å². The number of carbonyl (C=O) groups is 2. The molecule has 1 unspecified atom stereocenters. The number of piperidine rings is 1. The van der Waals surface area contributed by atoms with Gasteiger partial charge in [-0.05, 0) is 68.6 Å². The van der Waals surface area contributed by atoms with Crippen molar-refractivity contribution in [3.8, 4) is 0 Å². The standard InChI is InChI=1S/C23H29F2N5O2/c1-23(22(27)32,30-9-3-2-4-10-30)17(11-15-5-7-18(24)19(25)12-15)21(31)29-14-16-6-8-20(26)28-13-16/h5-8,12-13,17H,2-4,9-11,14H2,1H3,(H2,26,28)(H2,27,32)(H,29,31)/t17-,23?/m1/s1. The molecule has 0 aliphatic carbocycles. The van der Waals surface area contributed by atoms with Gasteiger partial charge in [0.1, 0.15) is 11.4 Å². The van der Waals surface area contributed by atoms with Crippen LogP contribution in [-0.2, 0) is 22.6 Å². The molecule has 0 bridgehead atoms. The van der Waals surface area contributed by atoms with E-state index in [1.807, 2.05) is 4.90 Å². The van der Waals surface area contributed by atoms with Crippen LogP contribution < -0.4 is 16.8 Å². The van der Waals surface area contributed by atoms with Crippen molar-refractivity contribution in [2.45, 2.75) is 44.7 Å². The van der Waals surface area contributed by atoms with Crippen LogP contribution in [0.1, 0.15) is 37.3 Å². The fourth-order valence-corrected chi connectivity index (χ4v) is 4.21. The van der Waals surface area contributed by atoms with Gasteiger partial charge >= 0.3 is 0 Å². The molecule has 9 heteroatoms. The Kier molecular flexibility index (Phi) is 7.40. The SMILES string of the molecule is CC(C(N)=O)([C@H](Cc1ccc(F)c(F)c1)C(=O)NCc1ccc(N)nc1)N1CCCCC1. The second-order valence-electron chi connectivity index (χ2n) is 8.37. The van der Waals surface area contributed by atoms with Gasteiger partial charge in [0.2, 0.25) is 11.8 Å². The third-order valence-corrected chi connectivity index (χ3v) is 6.25. The number of hydrogen-bond acceptors (Lipinski definition) is 5. The zero-order valence-electron chi connectivity index (χ0n) is 18.1. The number of likely N-dealkylation sites (tertiary alicyclic amines) is 1. The molecule has 3 rings (SSSR count). The molecule has 5 N–H and O–H groups in total. The zero-order chi connectivity index (χ0) is 23.3. The Morgan fingerprint density at radius 2 is 1.81 bits per heavy atom. The van der Waals surface area contributed by atoms with E-state index < -0.39 is 34.9 Å². The fraction of sp³-hybridized carbons (Fsp3) is 0.435. The molecule has 2 atom stereocenters. The number of nitrogen functional groups attached to an aromatic ring is 1. The van der Waals surface area contributed by atoms with Crippen molar-refractivity contribution in [2.24, 2.45) is 11.7 Å². The lowest BCUT2D eigenvalue weighted by Gasteiger charge is -2.45. The van der Waals surface area contributed by atoms with Gasteiger partial charge in [0, 0.05) is 12.7 Å². The van der Waals surface area contributed by atoms with E-state index in [4.69, 9.17) is 11.5 Å². The molecule has 2 aromatic rings. The van der Waals surface area contributed by atoms with Crippen LogP contribution in [0.15, 0.2) is 36.5 Å². The van der Waals surface area contributed by atoms with Gasteiger partial charge in [-0.25, -0.2) is 13.8 Å². The predicted octanol–water partition coefficient (Wildman–Crippen LogP) is 2.15. The lowest BCUT2D eigenvalue weighted by Crippen LogP contribution is -2.64. The lowest BCUT2D eigenvalue weighted by molar-refractivity contribution is -0.143. The molecule has 1 aromatic heterocycles. The summed E-state index contributed by atoms with van der Waals surface area (Å²) in [6, 6.07) is 6.85. The van der Waals surface area contributed by atoms with Crippen LogP contribution in [0.25, 0.3) is 0 Å². The minimum Gasteiger partial charge on any atom is -0.384 e. The molecule has 1 aliphatic heterocycles. The Labute approximate surface area is 186 Å². The van der Waals surface area contributed by atoms with Gasteiger partial charge in [-0.2, -0.15) is 0 Å². The van der Waals surface area contributed by atoms with E-state index in [1.165, 1.54) is 6.07 Å². The second-order valence-corrected chi connectivity index (χ2v) is 8.37. The second kappa shape index (κ2) is 10.0. The minimum absolute atomic E-state index is 0.0267. The number of benzene rings is 1. The minimum atomic E-state index is -1.30. The number of nitrogens with two attached hydrogens (primary N) is 2. The highest BCUT2D eigenvalue weighted by molar-refractivity contribution is 5.92. The highest BCUT2D eigenvalue weighted by atomic mass is 19.2. The number of nitrogens with zero attached hydrogens (tertiary/aromatic N) is 2. The first-order valence-corrected chi connectivity index (χ1v) is 10.7. The van der Waals surface area contributed by atoms with E-state index in [-0.39, 0.29) is 13.0 Å². The van der Waals surface area contributed by atoms with Gasteiger partial charge in [0.25, 0.3) is 0 Å². The normalized spacial score (nSPS) is 17.3. The summed E-state index contributed by atoms with van der Waals surface area (Å²) >= 11 is 0. The molecule has 172 valence electrons. The van der Waals surface area contributed by atoms with E-state index >= 15 is 0 Å². The maximum atomic E-state index is 13.8. The number of nitrogens with one attached hydrogen (secondary N) is 1. The largest absolute Gasteiger partial charge is 0.384 e. The summed E-state index contributed by atoms with van der Waals surface area (Å²) in [6.07, 6.45) is 4.39. The van der Waals surface area contributed by atoms with E-state index in [9.17, 15) is 18.4 Å². The number of primary amides is 1. The van der Waals surface area contributed by atoms with Crippen molar-refractivity contribution in [1.82, 2.24) is 15.2 Å². The molecule has 0 spiro atoms. The zero-order valence-corrected chi connectivity index (χ0v) is 18.1. The Morgan fingerprint density at radius 3 is 2.41 bits per heavy atom. The maximum absolute atomic E-state index is 13.8. The first-order valence-electron chi connectivity index (χ1n) is 10.7. The third-order valence-electron chi connectivity index (χ3n) is 6.25. The average molecular weight is 446 g/mol. The first kappa shape index (κ1) is 23.6. The molecule has 32 heavy (non-hydrogen) atoms. The van der Waals surface area contributed by atoms with E-state index in [1.54, 1.807) is 25.3 Å². The molecule has 7 nitrogen and oxygen atoms in total. The molecular formula is C23H29F2N5O2. The van der Waals surface area contributed by atoms with Gasteiger partial charge < -0.3 is 16.8 Å². The maximum Gasteiger partial charge on any atom is 0.238 e. The lowest BCUT2D eigenvalue weighted by atomic mass is 9.77. The predicted molar refractivity (Wildman–Crippen MR) is 117 cm³/mol. The molecule has 2 heterocycles. The van der Waals surface area contributed by atoms with Gasteiger partial charge in [0.15, 0.2) is 11.6 Å². The van der Waals surface area contributed by atoms with Gasteiger partial charge in [-0.3, -0.25) is 14.5 Å². The summed E-state index contributed by atoms with van der Waals surface area (Å²) in [5, 5.41) is 2.84. The number of aromatic nitrogens is 1. The number of hydrogen-bond donors (Lipinski definition) is 3. The van der Waals surface area contributed by atoms with Crippen molar-refractivity contribution >= 4 is 17.6 Å². The number of rotatable bonds is 8. The Morgan fingerprint density at radius 1 is 1.12 bits per heavy atom. The smallest absolute Gasteiger partial charge is 0.238 e. The van der Waals surface area contributed by atoms with Crippen LogP contribution in [0.5, 0.6) is 0 Å². The molecule has 1 aliphatic rings. The topological polar surface area (TPSA) is 114 Å². The summed E-state index contributed by atoms with van der Waals surface area (Å²) in [7, 11) is 0. The van der Waals surface area contributed by atoms with Crippen molar-refractivity contribution in [3.63, 3.8) is 0 Å². The summed E-state index contributed by atoms with van der Waals surface area (Å²) in [4.78, 5) is 32.1. The number of pyridine rings is 1. The van der Waals surface area contributed by atoms with Gasteiger partial charge in [0.05, 0.1) is 5.92 Å². The van der Waals surface area contributed by atoms with Crippen LogP contribution in [-0.4, -0.2) is 40.3 Å². The van der Waals surface area contributed by atoms with E-state index in [0.29, 0.717) is 24.5 Å². The highest BCUT2D eigenvalue weighted by Gasteiger charge is 2.48. The Balaban J connectivity index is 1.90. The quantitative estimate of drug-likeness (QED) is 0.576. The fourth-order valence-electron chi connectivity index (χ4n) is 4.21. The first-order chi connectivity index (χ1) is 15.2. The molecular weight excluding hydrogens is 416 g/mol.